The number of hydrogen-bond donors (Lipinski definition) is 1. The van der Waals surface area contributed by atoms with Gasteiger partial charge in [-0.3, -0.25) is 9.69 Å². The molecule has 116 valence electrons. The van der Waals surface area contributed by atoms with Gasteiger partial charge in [0, 0.05) is 30.9 Å². The molecule has 0 aliphatic carbocycles. The molecule has 0 radical (unpaired) electrons. The number of cyclic esters (lactones) is 1. The minimum atomic E-state index is -0.163. The zero-order valence-corrected chi connectivity index (χ0v) is 13.1. The number of ether oxygens (including phenoxy) is 2. The lowest BCUT2D eigenvalue weighted by molar-refractivity contribution is -0.142. The van der Waals surface area contributed by atoms with Crippen molar-refractivity contribution in [3.8, 4) is 0 Å². The predicted molar refractivity (Wildman–Crippen MR) is 81.4 cm³/mol. The topological polar surface area (TPSA) is 50.8 Å². The Balaban J connectivity index is 1.63. The molecule has 0 saturated carbocycles. The van der Waals surface area contributed by atoms with Gasteiger partial charge in [-0.1, -0.05) is 6.07 Å². The Morgan fingerprint density at radius 3 is 2.90 bits per heavy atom. The molecular weight excluding hydrogens is 288 g/mol. The monoisotopic (exact) mass is 310 g/mol. The van der Waals surface area contributed by atoms with Crippen molar-refractivity contribution in [1.82, 2.24) is 10.2 Å². The summed E-state index contributed by atoms with van der Waals surface area (Å²) in [5.74, 6) is -0.116. The van der Waals surface area contributed by atoms with Crippen LogP contribution in [0.2, 0.25) is 0 Å². The zero-order valence-electron chi connectivity index (χ0n) is 12.3. The molecule has 0 aromatic carbocycles. The van der Waals surface area contributed by atoms with Gasteiger partial charge in [0.05, 0.1) is 19.3 Å². The summed E-state index contributed by atoms with van der Waals surface area (Å²) in [7, 11) is 0. The molecule has 3 heterocycles. The van der Waals surface area contributed by atoms with Crippen molar-refractivity contribution >= 4 is 17.3 Å². The summed E-state index contributed by atoms with van der Waals surface area (Å²) in [6, 6.07) is 4.39. The van der Waals surface area contributed by atoms with Crippen LogP contribution in [-0.4, -0.2) is 55.9 Å². The predicted octanol–water partition coefficient (Wildman–Crippen LogP) is 1.42. The van der Waals surface area contributed by atoms with Crippen LogP contribution in [0.4, 0.5) is 0 Å². The van der Waals surface area contributed by atoms with E-state index < -0.39 is 0 Å². The number of rotatable bonds is 5. The first kappa shape index (κ1) is 15.0. The summed E-state index contributed by atoms with van der Waals surface area (Å²) < 4.78 is 10.7. The minimum Gasteiger partial charge on any atom is -0.461 e. The van der Waals surface area contributed by atoms with E-state index in [1.807, 2.05) is 6.92 Å². The van der Waals surface area contributed by atoms with Crippen molar-refractivity contribution in [3.63, 3.8) is 0 Å². The molecule has 0 bridgehead atoms. The third-order valence-electron chi connectivity index (χ3n) is 4.09. The van der Waals surface area contributed by atoms with Gasteiger partial charge in [0.2, 0.25) is 0 Å². The molecule has 1 aromatic heterocycles. The molecule has 3 rings (SSSR count). The summed E-state index contributed by atoms with van der Waals surface area (Å²) in [5.41, 5.74) is 0. The molecule has 1 N–H and O–H groups in total. The molecule has 0 unspecified atom stereocenters. The van der Waals surface area contributed by atoms with E-state index in [-0.39, 0.29) is 18.1 Å². The molecule has 2 aliphatic heterocycles. The second kappa shape index (κ2) is 6.87. The second-order valence-electron chi connectivity index (χ2n) is 5.62. The SMILES string of the molecule is C[C@@H]1C[C@@H](NC[C@H](c2cccs2)N2CCOCC2)C(=O)O1. The van der Waals surface area contributed by atoms with Gasteiger partial charge in [0.25, 0.3) is 0 Å². The molecule has 1 aromatic rings. The largest absolute Gasteiger partial charge is 0.461 e. The van der Waals surface area contributed by atoms with Crippen molar-refractivity contribution in [2.45, 2.75) is 31.5 Å². The normalized spacial score (nSPS) is 28.5. The lowest BCUT2D eigenvalue weighted by Gasteiger charge is -2.34. The van der Waals surface area contributed by atoms with Gasteiger partial charge in [0.15, 0.2) is 0 Å². The molecular formula is C15H22N2O3S. The fourth-order valence-corrected chi connectivity index (χ4v) is 3.82. The van der Waals surface area contributed by atoms with Gasteiger partial charge in [0.1, 0.15) is 12.1 Å². The highest BCUT2D eigenvalue weighted by molar-refractivity contribution is 7.10. The molecule has 2 saturated heterocycles. The van der Waals surface area contributed by atoms with Crippen molar-refractivity contribution in [2.75, 3.05) is 32.8 Å². The molecule has 6 heteroatoms. The van der Waals surface area contributed by atoms with E-state index >= 15 is 0 Å². The summed E-state index contributed by atoms with van der Waals surface area (Å²) in [6.07, 6.45) is 0.789. The van der Waals surface area contributed by atoms with E-state index in [1.165, 1.54) is 4.88 Å². The smallest absolute Gasteiger partial charge is 0.323 e. The number of hydrogen-bond acceptors (Lipinski definition) is 6. The summed E-state index contributed by atoms with van der Waals surface area (Å²) in [5, 5.41) is 5.50. The Hall–Kier alpha value is -0.950. The van der Waals surface area contributed by atoms with Crippen molar-refractivity contribution in [2.24, 2.45) is 0 Å². The Bertz CT molecular complexity index is 459. The van der Waals surface area contributed by atoms with E-state index in [1.54, 1.807) is 11.3 Å². The third kappa shape index (κ3) is 3.63. The number of thiophene rings is 1. The number of morpholine rings is 1. The second-order valence-corrected chi connectivity index (χ2v) is 6.60. The lowest BCUT2D eigenvalue weighted by atomic mass is 10.1. The van der Waals surface area contributed by atoms with E-state index in [2.05, 4.69) is 27.7 Å². The lowest BCUT2D eigenvalue weighted by Crippen LogP contribution is -2.45. The third-order valence-corrected chi connectivity index (χ3v) is 5.06. The standard InChI is InChI=1S/C15H22N2O3S/c1-11-9-12(15(18)20-11)16-10-13(14-3-2-8-21-14)17-4-6-19-7-5-17/h2-3,8,11-13,16H,4-7,9-10H2,1H3/t11-,12-,13-/m1/s1. The molecule has 2 fully saturated rings. The maximum Gasteiger partial charge on any atom is 0.323 e. The molecule has 21 heavy (non-hydrogen) atoms. The van der Waals surface area contributed by atoms with Gasteiger partial charge < -0.3 is 14.8 Å². The van der Waals surface area contributed by atoms with Crippen LogP contribution in [0.1, 0.15) is 24.3 Å². The Morgan fingerprint density at radius 2 is 2.29 bits per heavy atom. The highest BCUT2D eigenvalue weighted by Crippen LogP contribution is 2.26. The zero-order chi connectivity index (χ0) is 14.7. The number of esters is 1. The molecule has 2 aliphatic rings. The van der Waals surface area contributed by atoms with Crippen LogP contribution in [0.5, 0.6) is 0 Å². The van der Waals surface area contributed by atoms with Crippen LogP contribution >= 0.6 is 11.3 Å². The Morgan fingerprint density at radius 1 is 1.48 bits per heavy atom. The molecule has 0 amide bonds. The molecule has 5 nitrogen and oxygen atoms in total. The van der Waals surface area contributed by atoms with Gasteiger partial charge in [-0.05, 0) is 18.4 Å². The highest BCUT2D eigenvalue weighted by atomic mass is 32.1. The van der Waals surface area contributed by atoms with Crippen LogP contribution in [-0.2, 0) is 14.3 Å². The number of carbonyl (C=O) groups is 1. The number of carbonyl (C=O) groups excluding carboxylic acids is 1. The van der Waals surface area contributed by atoms with Crippen LogP contribution in [0, 0.1) is 0 Å². The van der Waals surface area contributed by atoms with E-state index in [0.717, 1.165) is 39.3 Å². The molecule has 3 atom stereocenters. The van der Waals surface area contributed by atoms with E-state index in [9.17, 15) is 4.79 Å². The number of nitrogens with one attached hydrogen (secondary N) is 1. The Kier molecular flexibility index (Phi) is 4.90. The summed E-state index contributed by atoms with van der Waals surface area (Å²) in [6.45, 7) is 6.16. The van der Waals surface area contributed by atoms with E-state index in [0.29, 0.717) is 6.04 Å². The summed E-state index contributed by atoms with van der Waals surface area (Å²) >= 11 is 1.77. The average Bonchev–Trinajstić information content (AvgIpc) is 3.11. The van der Waals surface area contributed by atoms with Gasteiger partial charge in [-0.25, -0.2) is 0 Å². The van der Waals surface area contributed by atoms with Crippen LogP contribution in [0.3, 0.4) is 0 Å². The fourth-order valence-electron chi connectivity index (χ4n) is 2.96. The number of nitrogens with zero attached hydrogens (tertiary/aromatic N) is 1. The first-order valence-electron chi connectivity index (χ1n) is 7.53. The van der Waals surface area contributed by atoms with Crippen molar-refractivity contribution < 1.29 is 14.3 Å². The fraction of sp³-hybridized carbons (Fsp3) is 0.667. The average molecular weight is 310 g/mol. The molecule has 0 spiro atoms. The first-order valence-corrected chi connectivity index (χ1v) is 8.41. The quantitative estimate of drug-likeness (QED) is 0.834. The van der Waals surface area contributed by atoms with Gasteiger partial charge in [-0.2, -0.15) is 0 Å². The Labute approximate surface area is 129 Å². The van der Waals surface area contributed by atoms with Gasteiger partial charge >= 0.3 is 5.97 Å². The van der Waals surface area contributed by atoms with Gasteiger partial charge in [-0.15, -0.1) is 11.3 Å². The summed E-state index contributed by atoms with van der Waals surface area (Å²) in [4.78, 5) is 15.5. The highest BCUT2D eigenvalue weighted by Gasteiger charge is 2.33. The maximum atomic E-state index is 11.7. The van der Waals surface area contributed by atoms with Crippen LogP contribution in [0.15, 0.2) is 17.5 Å². The first-order chi connectivity index (χ1) is 10.2. The van der Waals surface area contributed by atoms with Crippen LogP contribution in [0.25, 0.3) is 0 Å². The minimum absolute atomic E-state index is 0.0265. The van der Waals surface area contributed by atoms with Crippen LogP contribution < -0.4 is 5.32 Å². The van der Waals surface area contributed by atoms with E-state index in [4.69, 9.17) is 9.47 Å². The maximum absolute atomic E-state index is 11.7. The van der Waals surface area contributed by atoms with Crippen molar-refractivity contribution in [1.29, 1.82) is 0 Å². The van der Waals surface area contributed by atoms with Crippen molar-refractivity contribution in [3.05, 3.63) is 22.4 Å².